The van der Waals surface area contributed by atoms with Gasteiger partial charge in [0.1, 0.15) is 0 Å². The fraction of sp³-hybridized carbons (Fsp3) is 0.440. The van der Waals surface area contributed by atoms with Crippen LogP contribution in [0, 0.1) is 35.2 Å². The average Bonchev–Trinajstić information content (AvgIpc) is 2.75. The second-order valence-electron chi connectivity index (χ2n) is 7.73. The molecule has 2 aromatic carbocycles. The molecule has 0 atom stereocenters. The molecule has 0 bridgehead atoms. The topological polar surface area (TPSA) is 9.23 Å². The van der Waals surface area contributed by atoms with Gasteiger partial charge < -0.3 is 4.74 Å². The van der Waals surface area contributed by atoms with Gasteiger partial charge in [-0.1, -0.05) is 49.5 Å². The van der Waals surface area contributed by atoms with E-state index in [0.717, 1.165) is 45.3 Å². The van der Waals surface area contributed by atoms with Crippen molar-refractivity contribution in [1.82, 2.24) is 0 Å². The van der Waals surface area contributed by atoms with E-state index in [0.29, 0.717) is 5.92 Å². The maximum atomic E-state index is 14.1. The minimum absolute atomic E-state index is 0.114. The molecule has 29 heavy (non-hydrogen) atoms. The van der Waals surface area contributed by atoms with Crippen LogP contribution in [0.15, 0.2) is 30.3 Å². The lowest BCUT2D eigenvalue weighted by molar-refractivity contribution is 0.346. The van der Waals surface area contributed by atoms with Gasteiger partial charge in [0.25, 0.3) is 0 Å². The van der Waals surface area contributed by atoms with Crippen molar-refractivity contribution >= 4 is 0 Å². The summed E-state index contributed by atoms with van der Waals surface area (Å²) in [6.07, 6.45) is 7.37. The minimum atomic E-state index is -1.33. The van der Waals surface area contributed by atoms with Crippen molar-refractivity contribution in [2.45, 2.75) is 57.8 Å². The van der Waals surface area contributed by atoms with E-state index in [4.69, 9.17) is 0 Å². The van der Waals surface area contributed by atoms with E-state index in [9.17, 15) is 13.2 Å². The van der Waals surface area contributed by atoms with Crippen LogP contribution in [0.25, 0.3) is 0 Å². The van der Waals surface area contributed by atoms with E-state index in [1.165, 1.54) is 24.0 Å². The Morgan fingerprint density at radius 1 is 1.00 bits per heavy atom. The van der Waals surface area contributed by atoms with Crippen LogP contribution in [0.4, 0.5) is 13.2 Å². The van der Waals surface area contributed by atoms with Crippen LogP contribution in [-0.2, 0) is 6.42 Å². The van der Waals surface area contributed by atoms with Crippen molar-refractivity contribution in [1.29, 1.82) is 0 Å². The van der Waals surface area contributed by atoms with E-state index in [1.54, 1.807) is 0 Å². The first-order valence-corrected chi connectivity index (χ1v) is 10.3. The van der Waals surface area contributed by atoms with E-state index in [-0.39, 0.29) is 11.5 Å². The summed E-state index contributed by atoms with van der Waals surface area (Å²) in [5.74, 6) is 2.13. The molecule has 0 unspecified atom stereocenters. The number of aryl methyl sites for hydroxylation is 1. The van der Waals surface area contributed by atoms with Gasteiger partial charge in [0.2, 0.25) is 5.82 Å². The molecule has 1 aliphatic rings. The zero-order chi connectivity index (χ0) is 20.8. The summed E-state index contributed by atoms with van der Waals surface area (Å²) in [4.78, 5) is 0. The lowest BCUT2D eigenvalue weighted by Gasteiger charge is -2.26. The first-order chi connectivity index (χ1) is 14.0. The molecule has 0 aliphatic heterocycles. The maximum Gasteiger partial charge on any atom is 0.204 e. The smallest absolute Gasteiger partial charge is 0.204 e. The number of methoxy groups -OCH3 is 1. The van der Waals surface area contributed by atoms with Gasteiger partial charge in [0, 0.05) is 5.92 Å². The number of benzene rings is 2. The Morgan fingerprint density at radius 3 is 2.31 bits per heavy atom. The van der Waals surface area contributed by atoms with Gasteiger partial charge >= 0.3 is 0 Å². The Balaban J connectivity index is 1.61. The zero-order valence-electron chi connectivity index (χ0n) is 17.0. The van der Waals surface area contributed by atoms with Crippen LogP contribution in [0.1, 0.15) is 68.1 Å². The molecule has 0 radical (unpaired) electrons. The second kappa shape index (κ2) is 9.87. The van der Waals surface area contributed by atoms with Crippen molar-refractivity contribution < 1.29 is 17.9 Å². The van der Waals surface area contributed by atoms with Crippen molar-refractivity contribution in [2.75, 3.05) is 7.11 Å². The minimum Gasteiger partial charge on any atom is -0.491 e. The highest BCUT2D eigenvalue weighted by Gasteiger charge is 2.22. The van der Waals surface area contributed by atoms with Gasteiger partial charge in [-0.25, -0.2) is 8.78 Å². The largest absolute Gasteiger partial charge is 0.491 e. The summed E-state index contributed by atoms with van der Waals surface area (Å²) < 4.78 is 46.2. The predicted molar refractivity (Wildman–Crippen MR) is 109 cm³/mol. The highest BCUT2D eigenvalue weighted by atomic mass is 19.2. The van der Waals surface area contributed by atoms with Gasteiger partial charge in [-0.2, -0.15) is 4.39 Å². The molecule has 1 nitrogen and oxygen atoms in total. The molecule has 3 rings (SSSR count). The Morgan fingerprint density at radius 2 is 1.69 bits per heavy atom. The third-order valence-corrected chi connectivity index (χ3v) is 5.73. The fourth-order valence-corrected chi connectivity index (χ4v) is 3.94. The van der Waals surface area contributed by atoms with Gasteiger partial charge in [-0.05, 0) is 61.6 Å². The molecule has 1 fully saturated rings. The molecular formula is C25H27F3O. The Hall–Kier alpha value is -2.41. The van der Waals surface area contributed by atoms with Crippen LogP contribution in [0.2, 0.25) is 0 Å². The second-order valence-corrected chi connectivity index (χ2v) is 7.73. The third kappa shape index (κ3) is 5.15. The molecule has 4 heteroatoms. The van der Waals surface area contributed by atoms with Crippen LogP contribution < -0.4 is 4.74 Å². The summed E-state index contributed by atoms with van der Waals surface area (Å²) in [7, 11) is 1.10. The number of ether oxygens (including phenoxy) is 1. The fourth-order valence-electron chi connectivity index (χ4n) is 3.94. The molecular weight excluding hydrogens is 373 g/mol. The standard InChI is InChI=1S/C25H27F3O/c1-3-4-5-17-6-11-19(12-7-17)20-13-8-18(9-14-20)10-15-21-16-22(26)25(29-2)24(28)23(21)27/h6-7,11-12,16,18,20H,3-5,8-9,13-14H2,1-2H3. The average molecular weight is 400 g/mol. The van der Waals surface area contributed by atoms with Crippen LogP contribution in [-0.4, -0.2) is 7.11 Å². The van der Waals surface area contributed by atoms with Crippen molar-refractivity contribution in [3.05, 3.63) is 64.5 Å². The van der Waals surface area contributed by atoms with Gasteiger partial charge in [0.15, 0.2) is 17.4 Å². The molecule has 2 aromatic rings. The Kier molecular flexibility index (Phi) is 7.25. The van der Waals surface area contributed by atoms with E-state index in [1.807, 2.05) is 0 Å². The number of halogens is 3. The summed E-state index contributed by atoms with van der Waals surface area (Å²) in [5, 5.41) is 0. The van der Waals surface area contributed by atoms with Crippen molar-refractivity contribution in [3.8, 4) is 17.6 Å². The summed E-state index contributed by atoms with van der Waals surface area (Å²) in [6.45, 7) is 2.20. The Bertz CT molecular complexity index is 885. The van der Waals surface area contributed by atoms with E-state index >= 15 is 0 Å². The molecule has 0 amide bonds. The SMILES string of the molecule is CCCCc1ccc(C2CCC(C#Cc3cc(F)c(OC)c(F)c3F)CC2)cc1. The zero-order valence-corrected chi connectivity index (χ0v) is 17.0. The maximum absolute atomic E-state index is 14.1. The molecule has 154 valence electrons. The first-order valence-electron chi connectivity index (χ1n) is 10.3. The molecule has 1 saturated carbocycles. The lowest BCUT2D eigenvalue weighted by Crippen LogP contribution is -2.12. The van der Waals surface area contributed by atoms with E-state index < -0.39 is 23.2 Å². The molecule has 1 aliphatic carbocycles. The van der Waals surface area contributed by atoms with E-state index in [2.05, 4.69) is 47.8 Å². The normalized spacial score (nSPS) is 18.8. The first kappa shape index (κ1) is 21.3. The monoisotopic (exact) mass is 400 g/mol. The summed E-state index contributed by atoms with van der Waals surface area (Å²) in [6, 6.07) is 9.83. The molecule has 0 N–H and O–H groups in total. The molecule has 0 saturated heterocycles. The highest BCUT2D eigenvalue weighted by molar-refractivity contribution is 5.42. The molecule has 0 heterocycles. The number of hydrogen-bond acceptors (Lipinski definition) is 1. The summed E-state index contributed by atoms with van der Waals surface area (Å²) >= 11 is 0. The van der Waals surface area contributed by atoms with Gasteiger partial charge in [0.05, 0.1) is 12.7 Å². The van der Waals surface area contributed by atoms with Gasteiger partial charge in [-0.15, -0.1) is 0 Å². The molecule has 0 spiro atoms. The van der Waals surface area contributed by atoms with Crippen molar-refractivity contribution in [2.24, 2.45) is 5.92 Å². The van der Waals surface area contributed by atoms with Gasteiger partial charge in [-0.3, -0.25) is 0 Å². The number of rotatable bonds is 5. The lowest BCUT2D eigenvalue weighted by atomic mass is 9.78. The summed E-state index contributed by atoms with van der Waals surface area (Å²) in [5.41, 5.74) is 2.49. The third-order valence-electron chi connectivity index (χ3n) is 5.73. The number of unbranched alkanes of at least 4 members (excludes halogenated alkanes) is 1. The van der Waals surface area contributed by atoms with Crippen molar-refractivity contribution in [3.63, 3.8) is 0 Å². The molecule has 0 aromatic heterocycles. The highest BCUT2D eigenvalue weighted by Crippen LogP contribution is 2.36. The van der Waals surface area contributed by atoms with Crippen LogP contribution in [0.3, 0.4) is 0 Å². The number of hydrogen-bond donors (Lipinski definition) is 0. The van der Waals surface area contributed by atoms with Crippen LogP contribution in [0.5, 0.6) is 5.75 Å². The predicted octanol–water partition coefficient (Wildman–Crippen LogP) is 6.78. The van der Waals surface area contributed by atoms with Crippen LogP contribution >= 0.6 is 0 Å². The Labute approximate surface area is 171 Å². The quantitative estimate of drug-likeness (QED) is 0.397.